The van der Waals surface area contributed by atoms with Crippen LogP contribution in [0, 0.1) is 0 Å². The van der Waals surface area contributed by atoms with Crippen molar-refractivity contribution in [3.05, 3.63) is 132 Å². The molecule has 0 saturated heterocycles. The highest BCUT2D eigenvalue weighted by Gasteiger charge is 2.40. The molecule has 0 radical (unpaired) electrons. The van der Waals surface area contributed by atoms with Crippen molar-refractivity contribution in [2.75, 3.05) is 4.90 Å². The van der Waals surface area contributed by atoms with Gasteiger partial charge in [0.05, 0.1) is 11.4 Å². The van der Waals surface area contributed by atoms with Crippen LogP contribution in [0.4, 0.5) is 17.1 Å². The summed E-state index contributed by atoms with van der Waals surface area (Å²) in [4.78, 5) is 4.48. The van der Waals surface area contributed by atoms with E-state index in [9.17, 15) is 0 Å². The standard InChI is InChI=1S/C33H26NOPS/c1-33(2)25-14-6-8-16-27(25)34(28-17-9-7-15-26(28)33)23-20-21-32-30(22-23)36(35,24-12-4-3-5-13-24)29-18-10-11-19-31(29)37-32/h3-22H,1-2H3. The van der Waals surface area contributed by atoms with E-state index in [2.05, 4.69) is 91.5 Å². The highest BCUT2D eigenvalue weighted by molar-refractivity contribution is 8.02. The van der Waals surface area contributed by atoms with Gasteiger partial charge < -0.3 is 9.46 Å². The molecule has 1 unspecified atom stereocenters. The topological polar surface area (TPSA) is 20.3 Å². The Kier molecular flexibility index (Phi) is 5.05. The van der Waals surface area contributed by atoms with Crippen LogP contribution in [0.1, 0.15) is 25.0 Å². The number of rotatable bonds is 2. The number of hydrogen-bond donors (Lipinski definition) is 0. The van der Waals surface area contributed by atoms with Crippen molar-refractivity contribution >= 4 is 51.9 Å². The maximum atomic E-state index is 15.3. The lowest BCUT2D eigenvalue weighted by atomic mass is 9.73. The van der Waals surface area contributed by atoms with Crippen molar-refractivity contribution in [3.8, 4) is 0 Å². The first-order valence-corrected chi connectivity index (χ1v) is 15.1. The van der Waals surface area contributed by atoms with Crippen LogP contribution in [0.2, 0.25) is 0 Å². The highest BCUT2D eigenvalue weighted by Crippen LogP contribution is 2.55. The van der Waals surface area contributed by atoms with E-state index in [-0.39, 0.29) is 5.41 Å². The monoisotopic (exact) mass is 515 g/mol. The number of fused-ring (bicyclic) bond motifs is 4. The summed E-state index contributed by atoms with van der Waals surface area (Å²) in [6.45, 7) is 4.60. The van der Waals surface area contributed by atoms with Gasteiger partial charge in [-0.2, -0.15) is 0 Å². The summed E-state index contributed by atoms with van der Waals surface area (Å²) >= 11 is 1.72. The molecule has 0 saturated carbocycles. The Labute approximate surface area is 222 Å². The minimum atomic E-state index is -3.07. The second kappa shape index (κ2) is 8.25. The molecule has 0 aromatic heterocycles. The zero-order valence-electron chi connectivity index (χ0n) is 20.8. The van der Waals surface area contributed by atoms with Crippen LogP contribution >= 0.6 is 18.9 Å². The molecular formula is C33H26NOPS. The molecule has 1 atom stereocenters. The second-order valence-electron chi connectivity index (χ2n) is 10.2. The van der Waals surface area contributed by atoms with Gasteiger partial charge in [0.25, 0.3) is 0 Å². The van der Waals surface area contributed by atoms with E-state index < -0.39 is 7.14 Å². The maximum absolute atomic E-state index is 15.3. The lowest BCUT2D eigenvalue weighted by Crippen LogP contribution is -2.32. The fourth-order valence-corrected chi connectivity index (χ4v) is 10.6. The summed E-state index contributed by atoms with van der Waals surface area (Å²) in [5, 5.41) is 2.72. The van der Waals surface area contributed by atoms with Crippen LogP contribution in [0.25, 0.3) is 0 Å². The van der Waals surface area contributed by atoms with Gasteiger partial charge in [-0.1, -0.05) is 104 Å². The third-order valence-electron chi connectivity index (χ3n) is 7.72. The van der Waals surface area contributed by atoms with Gasteiger partial charge in [-0.05, 0) is 53.6 Å². The summed E-state index contributed by atoms with van der Waals surface area (Å²) in [6.07, 6.45) is 0. The van der Waals surface area contributed by atoms with Crippen LogP contribution in [0.3, 0.4) is 0 Å². The van der Waals surface area contributed by atoms with Gasteiger partial charge in [0, 0.05) is 36.8 Å². The average Bonchev–Trinajstić information content (AvgIpc) is 2.94. The van der Waals surface area contributed by atoms with E-state index in [0.717, 1.165) is 31.4 Å². The Balaban J connectivity index is 1.50. The molecule has 0 bridgehead atoms. The summed E-state index contributed by atoms with van der Waals surface area (Å²) < 4.78 is 15.3. The molecule has 0 fully saturated rings. The molecule has 180 valence electrons. The van der Waals surface area contributed by atoms with Crippen LogP contribution in [-0.2, 0) is 9.98 Å². The molecule has 5 aromatic rings. The second-order valence-corrected chi connectivity index (χ2v) is 13.9. The molecule has 2 aliphatic rings. The van der Waals surface area contributed by atoms with Gasteiger partial charge >= 0.3 is 0 Å². The SMILES string of the molecule is CC1(C)c2ccccc2N(c2ccc3c(c2)P(=O)(c2ccccc2)c2ccccc2S3)c2ccccc21. The molecule has 0 aliphatic carbocycles. The number of nitrogens with zero attached hydrogens (tertiary/aromatic N) is 1. The summed E-state index contributed by atoms with van der Waals surface area (Å²) in [7, 11) is -3.07. The highest BCUT2D eigenvalue weighted by atomic mass is 32.2. The minimum absolute atomic E-state index is 0.119. The first-order chi connectivity index (χ1) is 18.0. The van der Waals surface area contributed by atoms with Crippen LogP contribution in [0.5, 0.6) is 0 Å². The van der Waals surface area contributed by atoms with Gasteiger partial charge in [-0.15, -0.1) is 0 Å². The van der Waals surface area contributed by atoms with Crippen molar-refractivity contribution in [1.29, 1.82) is 0 Å². The van der Waals surface area contributed by atoms with Gasteiger partial charge in [0.1, 0.15) is 0 Å². The lowest BCUT2D eigenvalue weighted by molar-refractivity contribution is 0.591. The molecular weight excluding hydrogens is 489 g/mol. The smallest absolute Gasteiger partial charge is 0.173 e. The van der Waals surface area contributed by atoms with Gasteiger partial charge in [0.15, 0.2) is 7.14 Å². The molecule has 2 nitrogen and oxygen atoms in total. The number of para-hydroxylation sites is 2. The third-order valence-corrected chi connectivity index (χ3v) is 12.3. The average molecular weight is 516 g/mol. The Hall–Kier alpha value is -3.52. The zero-order chi connectivity index (χ0) is 25.2. The van der Waals surface area contributed by atoms with Crippen LogP contribution in [0.15, 0.2) is 131 Å². The van der Waals surface area contributed by atoms with Crippen molar-refractivity contribution in [2.45, 2.75) is 29.1 Å². The summed E-state index contributed by atoms with van der Waals surface area (Å²) in [5.41, 5.74) is 5.83. The van der Waals surface area contributed by atoms with Crippen molar-refractivity contribution in [2.24, 2.45) is 0 Å². The molecule has 0 spiro atoms. The summed E-state index contributed by atoms with van der Waals surface area (Å²) in [6, 6.07) is 42.0. The summed E-state index contributed by atoms with van der Waals surface area (Å²) in [5.74, 6) is 0. The largest absolute Gasteiger partial charge is 0.310 e. The zero-order valence-corrected chi connectivity index (χ0v) is 22.5. The Morgan fingerprint density at radius 2 is 1.19 bits per heavy atom. The lowest BCUT2D eigenvalue weighted by Gasteiger charge is -2.42. The quantitative estimate of drug-likeness (QED) is 0.219. The van der Waals surface area contributed by atoms with E-state index >= 15 is 4.57 Å². The van der Waals surface area contributed by atoms with E-state index in [1.807, 2.05) is 48.5 Å². The van der Waals surface area contributed by atoms with Crippen LogP contribution < -0.4 is 20.8 Å². The van der Waals surface area contributed by atoms with Gasteiger partial charge in [-0.25, -0.2) is 0 Å². The van der Waals surface area contributed by atoms with E-state index in [4.69, 9.17) is 0 Å². The van der Waals surface area contributed by atoms with Crippen molar-refractivity contribution < 1.29 is 4.57 Å². The van der Waals surface area contributed by atoms with E-state index in [1.54, 1.807) is 11.8 Å². The molecule has 4 heteroatoms. The Morgan fingerprint density at radius 3 is 1.89 bits per heavy atom. The fourth-order valence-electron chi connectivity index (χ4n) is 5.89. The Bertz CT molecular complexity index is 1680. The first-order valence-electron chi connectivity index (χ1n) is 12.6. The predicted octanol–water partition coefficient (Wildman–Crippen LogP) is 7.90. The first kappa shape index (κ1) is 22.7. The molecule has 7 rings (SSSR count). The van der Waals surface area contributed by atoms with Crippen LogP contribution in [-0.4, -0.2) is 0 Å². The van der Waals surface area contributed by atoms with Gasteiger partial charge in [0.2, 0.25) is 0 Å². The molecule has 37 heavy (non-hydrogen) atoms. The van der Waals surface area contributed by atoms with Gasteiger partial charge in [-0.3, -0.25) is 0 Å². The van der Waals surface area contributed by atoms with E-state index in [1.165, 1.54) is 22.5 Å². The minimum Gasteiger partial charge on any atom is -0.310 e. The fraction of sp³-hybridized carbons (Fsp3) is 0.0909. The maximum Gasteiger partial charge on any atom is 0.173 e. The molecule has 2 heterocycles. The number of anilines is 3. The number of hydrogen-bond acceptors (Lipinski definition) is 3. The van der Waals surface area contributed by atoms with Crippen molar-refractivity contribution in [3.63, 3.8) is 0 Å². The molecule has 0 amide bonds. The molecule has 5 aromatic carbocycles. The third kappa shape index (κ3) is 3.24. The number of benzene rings is 5. The van der Waals surface area contributed by atoms with E-state index in [0.29, 0.717) is 0 Å². The predicted molar refractivity (Wildman–Crippen MR) is 157 cm³/mol. The molecule has 0 N–H and O–H groups in total. The van der Waals surface area contributed by atoms with Crippen molar-refractivity contribution in [1.82, 2.24) is 0 Å². The molecule has 2 aliphatic heterocycles. The Morgan fingerprint density at radius 1 is 0.622 bits per heavy atom. The normalized spacial score (nSPS) is 18.8.